The number of hydrogen-bond donors (Lipinski definition) is 1. The van der Waals surface area contributed by atoms with Gasteiger partial charge in [0.05, 0.1) is 11.4 Å². The second kappa shape index (κ2) is 5.09. The third-order valence-corrected chi connectivity index (χ3v) is 3.54. The summed E-state index contributed by atoms with van der Waals surface area (Å²) >= 11 is 9.31. The Hall–Kier alpha value is -1.14. The zero-order chi connectivity index (χ0) is 14.2. The van der Waals surface area contributed by atoms with Crippen molar-refractivity contribution >= 4 is 44.6 Å². The van der Waals surface area contributed by atoms with Gasteiger partial charge in [-0.25, -0.2) is 9.97 Å². The second-order valence-electron chi connectivity index (χ2n) is 4.95. The first-order valence-corrected chi connectivity index (χ1v) is 7.05. The second-order valence-corrected chi connectivity index (χ2v) is 6.13. The summed E-state index contributed by atoms with van der Waals surface area (Å²) in [6, 6.07) is 1.87. The van der Waals surface area contributed by atoms with Gasteiger partial charge in [0.15, 0.2) is 5.65 Å². The Kier molecular flexibility index (Phi) is 3.82. The summed E-state index contributed by atoms with van der Waals surface area (Å²) in [5.41, 5.74) is 6.23. The molecule has 0 atom stereocenters. The fourth-order valence-electron chi connectivity index (χ4n) is 2.22. The fourth-order valence-corrected chi connectivity index (χ4v) is 2.72. The molecule has 0 bridgehead atoms. The monoisotopic (exact) mass is 344 g/mol. The number of aromatic nitrogens is 3. The lowest BCUT2D eigenvalue weighted by Crippen LogP contribution is -2.33. The lowest BCUT2D eigenvalue weighted by Gasteiger charge is -2.27. The number of pyridine rings is 1. The van der Waals surface area contributed by atoms with Crippen LogP contribution in [0.3, 0.4) is 0 Å². The topological polar surface area (TPSA) is 73.8 Å². The van der Waals surface area contributed by atoms with Crippen molar-refractivity contribution in [1.82, 2.24) is 14.5 Å². The first-order valence-electron chi connectivity index (χ1n) is 5.73. The molecule has 7 heteroatoms. The first-order chi connectivity index (χ1) is 8.85. The molecule has 0 saturated heterocycles. The highest BCUT2D eigenvalue weighted by Gasteiger charge is 2.28. The van der Waals surface area contributed by atoms with Crippen molar-refractivity contribution in [2.45, 2.75) is 31.7 Å². The summed E-state index contributed by atoms with van der Waals surface area (Å²) in [5.74, 6) is 0.550. The Bertz CT molecular complexity index is 638. The van der Waals surface area contributed by atoms with Gasteiger partial charge < -0.3 is 10.3 Å². The summed E-state index contributed by atoms with van der Waals surface area (Å²) in [7, 11) is 0. The standard InChI is InChI=1S/C12H14BrClN4O/c1-12(2,4-9(15)19)18-10(5-14)17-8-3-7(13)6-16-11(8)18/h3,6H,4-5H2,1-2H3,(H2,15,19). The Labute approximate surface area is 124 Å². The van der Waals surface area contributed by atoms with E-state index >= 15 is 0 Å². The van der Waals surface area contributed by atoms with E-state index in [9.17, 15) is 4.79 Å². The largest absolute Gasteiger partial charge is 0.370 e. The summed E-state index contributed by atoms with van der Waals surface area (Å²) in [5, 5.41) is 0. The number of hydrogen-bond acceptors (Lipinski definition) is 3. The van der Waals surface area contributed by atoms with Crippen LogP contribution in [-0.4, -0.2) is 20.4 Å². The highest BCUT2D eigenvalue weighted by atomic mass is 79.9. The van der Waals surface area contributed by atoms with Gasteiger partial charge in [-0.3, -0.25) is 4.79 Å². The van der Waals surface area contributed by atoms with E-state index in [1.807, 2.05) is 24.5 Å². The van der Waals surface area contributed by atoms with Gasteiger partial charge >= 0.3 is 0 Å². The van der Waals surface area contributed by atoms with E-state index in [0.29, 0.717) is 11.5 Å². The number of amides is 1. The number of carbonyl (C=O) groups excluding carboxylic acids is 1. The molecule has 0 spiro atoms. The highest BCUT2D eigenvalue weighted by Crippen LogP contribution is 2.28. The molecule has 2 aromatic heterocycles. The van der Waals surface area contributed by atoms with E-state index in [1.165, 1.54) is 0 Å². The summed E-state index contributed by atoms with van der Waals surface area (Å²) in [6.07, 6.45) is 1.89. The minimum absolute atomic E-state index is 0.195. The fraction of sp³-hybridized carbons (Fsp3) is 0.417. The van der Waals surface area contributed by atoms with Crippen molar-refractivity contribution in [3.8, 4) is 0 Å². The van der Waals surface area contributed by atoms with Crippen LogP contribution in [0, 0.1) is 0 Å². The number of fused-ring (bicyclic) bond motifs is 1. The van der Waals surface area contributed by atoms with Gasteiger partial charge in [0.25, 0.3) is 0 Å². The number of halogens is 2. The van der Waals surface area contributed by atoms with Crippen molar-refractivity contribution in [3.05, 3.63) is 22.6 Å². The van der Waals surface area contributed by atoms with Crippen molar-refractivity contribution < 1.29 is 4.79 Å². The van der Waals surface area contributed by atoms with Crippen molar-refractivity contribution in [3.63, 3.8) is 0 Å². The van der Waals surface area contributed by atoms with Crippen LogP contribution in [0.1, 0.15) is 26.1 Å². The minimum Gasteiger partial charge on any atom is -0.370 e. The van der Waals surface area contributed by atoms with Crippen molar-refractivity contribution in [1.29, 1.82) is 0 Å². The van der Waals surface area contributed by atoms with E-state index in [-0.39, 0.29) is 18.2 Å². The SMILES string of the molecule is CC(C)(CC(N)=O)n1c(CCl)nc2cc(Br)cnc21. The number of carbonyl (C=O) groups is 1. The van der Waals surface area contributed by atoms with Gasteiger partial charge in [-0.2, -0.15) is 0 Å². The van der Waals surface area contributed by atoms with Gasteiger partial charge in [-0.05, 0) is 35.8 Å². The third kappa shape index (κ3) is 2.74. The Morgan fingerprint density at radius 2 is 2.26 bits per heavy atom. The molecule has 0 unspecified atom stereocenters. The van der Waals surface area contributed by atoms with Crippen LogP contribution in [0.25, 0.3) is 11.2 Å². The summed E-state index contributed by atoms with van der Waals surface area (Å²) in [4.78, 5) is 20.0. The Morgan fingerprint density at radius 3 is 2.84 bits per heavy atom. The third-order valence-electron chi connectivity index (χ3n) is 2.86. The lowest BCUT2D eigenvalue weighted by atomic mass is 9.99. The number of imidazole rings is 1. The smallest absolute Gasteiger partial charge is 0.219 e. The number of alkyl halides is 1. The van der Waals surface area contributed by atoms with Crippen LogP contribution >= 0.6 is 27.5 Å². The molecule has 0 aliphatic carbocycles. The molecule has 1 amide bonds. The van der Waals surface area contributed by atoms with E-state index < -0.39 is 5.54 Å². The normalized spacial score (nSPS) is 12.0. The Morgan fingerprint density at radius 1 is 1.58 bits per heavy atom. The zero-order valence-electron chi connectivity index (χ0n) is 10.7. The molecule has 0 saturated carbocycles. The molecule has 19 heavy (non-hydrogen) atoms. The maximum absolute atomic E-state index is 11.2. The number of nitrogens with two attached hydrogens (primary N) is 1. The maximum Gasteiger partial charge on any atom is 0.219 e. The van der Waals surface area contributed by atoms with Crippen LogP contribution in [0.4, 0.5) is 0 Å². The molecular weight excluding hydrogens is 332 g/mol. The molecule has 0 aromatic carbocycles. The average Bonchev–Trinajstić information content (AvgIpc) is 2.65. The minimum atomic E-state index is -0.522. The predicted molar refractivity (Wildman–Crippen MR) is 77.9 cm³/mol. The Balaban J connectivity index is 2.66. The molecule has 0 aliphatic heterocycles. The average molecular weight is 346 g/mol. The van der Waals surface area contributed by atoms with Crippen LogP contribution in [-0.2, 0) is 16.2 Å². The molecule has 2 aromatic rings. The quantitative estimate of drug-likeness (QED) is 0.865. The van der Waals surface area contributed by atoms with E-state index in [0.717, 1.165) is 9.99 Å². The highest BCUT2D eigenvalue weighted by molar-refractivity contribution is 9.10. The van der Waals surface area contributed by atoms with Gasteiger partial charge in [-0.1, -0.05) is 0 Å². The van der Waals surface area contributed by atoms with Crippen molar-refractivity contribution in [2.75, 3.05) is 0 Å². The molecule has 0 radical (unpaired) electrons. The van der Waals surface area contributed by atoms with Crippen LogP contribution in [0.5, 0.6) is 0 Å². The van der Waals surface area contributed by atoms with E-state index in [2.05, 4.69) is 25.9 Å². The van der Waals surface area contributed by atoms with Gasteiger partial charge in [0.2, 0.25) is 5.91 Å². The number of primary amides is 1. The zero-order valence-corrected chi connectivity index (χ0v) is 13.0. The summed E-state index contributed by atoms with van der Waals surface area (Å²) in [6.45, 7) is 3.83. The summed E-state index contributed by atoms with van der Waals surface area (Å²) < 4.78 is 2.73. The van der Waals surface area contributed by atoms with Crippen LogP contribution < -0.4 is 5.73 Å². The van der Waals surface area contributed by atoms with Crippen LogP contribution in [0.2, 0.25) is 0 Å². The number of nitrogens with zero attached hydrogens (tertiary/aromatic N) is 3. The molecule has 2 rings (SSSR count). The molecule has 2 N–H and O–H groups in total. The molecule has 0 fully saturated rings. The van der Waals surface area contributed by atoms with Gasteiger partial charge in [0, 0.05) is 17.1 Å². The maximum atomic E-state index is 11.2. The molecule has 2 heterocycles. The molecule has 102 valence electrons. The number of rotatable bonds is 4. The van der Waals surface area contributed by atoms with Gasteiger partial charge in [0.1, 0.15) is 11.3 Å². The molecule has 5 nitrogen and oxygen atoms in total. The molecule has 0 aliphatic rings. The van der Waals surface area contributed by atoms with E-state index in [4.69, 9.17) is 17.3 Å². The van der Waals surface area contributed by atoms with Gasteiger partial charge in [-0.15, -0.1) is 11.6 Å². The first kappa shape index (κ1) is 14.3. The van der Waals surface area contributed by atoms with Crippen molar-refractivity contribution in [2.24, 2.45) is 5.73 Å². The van der Waals surface area contributed by atoms with E-state index in [1.54, 1.807) is 6.20 Å². The lowest BCUT2D eigenvalue weighted by molar-refractivity contribution is -0.119. The predicted octanol–water partition coefficient (Wildman–Crippen LogP) is 2.54. The van der Waals surface area contributed by atoms with Crippen LogP contribution in [0.15, 0.2) is 16.7 Å². The molecular formula is C12H14BrClN4O.